The van der Waals surface area contributed by atoms with E-state index in [2.05, 4.69) is 5.32 Å². The minimum absolute atomic E-state index is 0.0173. The van der Waals surface area contributed by atoms with Gasteiger partial charge >= 0.3 is 11.9 Å². The maximum Gasteiger partial charge on any atom is 0.335 e. The van der Waals surface area contributed by atoms with E-state index in [0.29, 0.717) is 18.4 Å². The Bertz CT molecular complexity index is 579. The maximum atomic E-state index is 11.6. The smallest absolute Gasteiger partial charge is 0.335 e. The number of carbonyl (C=O) groups is 3. The fraction of sp³-hybridized carbons (Fsp3) is 0.214. The van der Waals surface area contributed by atoms with E-state index in [1.807, 2.05) is 6.92 Å². The minimum Gasteiger partial charge on any atom is -0.491 e. The Kier molecular flexibility index (Phi) is 5.94. The first-order valence-corrected chi connectivity index (χ1v) is 6.16. The van der Waals surface area contributed by atoms with Crippen LogP contribution in [0.5, 0.6) is 5.75 Å². The summed E-state index contributed by atoms with van der Waals surface area (Å²) in [6.07, 6.45) is 2.26. The molecule has 0 aliphatic rings. The van der Waals surface area contributed by atoms with E-state index in [-0.39, 0.29) is 11.3 Å². The highest BCUT2D eigenvalue weighted by molar-refractivity contribution is 6.03. The number of aliphatic carboxylic acids is 1. The van der Waals surface area contributed by atoms with Crippen molar-refractivity contribution in [2.75, 3.05) is 11.9 Å². The quantitative estimate of drug-likeness (QED) is 0.660. The predicted molar refractivity (Wildman–Crippen MR) is 74.6 cm³/mol. The van der Waals surface area contributed by atoms with Crippen LogP contribution in [-0.2, 0) is 9.59 Å². The summed E-state index contributed by atoms with van der Waals surface area (Å²) in [5.41, 5.74) is 0.153. The van der Waals surface area contributed by atoms with E-state index in [4.69, 9.17) is 14.9 Å². The molecule has 1 aromatic carbocycles. The molecule has 0 aromatic heterocycles. The summed E-state index contributed by atoms with van der Waals surface area (Å²) in [6, 6.07) is 4.05. The lowest BCUT2D eigenvalue weighted by Gasteiger charge is -2.12. The number of carbonyl (C=O) groups excluding carboxylic acids is 1. The van der Waals surface area contributed by atoms with Gasteiger partial charge in [0.2, 0.25) is 5.91 Å². The maximum absolute atomic E-state index is 11.6. The fourth-order valence-electron chi connectivity index (χ4n) is 1.42. The molecule has 0 aliphatic carbocycles. The Morgan fingerprint density at radius 1 is 1.24 bits per heavy atom. The van der Waals surface area contributed by atoms with E-state index in [0.717, 1.165) is 12.5 Å². The Labute approximate surface area is 120 Å². The molecule has 0 radical (unpaired) electrons. The van der Waals surface area contributed by atoms with Gasteiger partial charge in [-0.25, -0.2) is 9.59 Å². The molecule has 7 heteroatoms. The number of rotatable bonds is 7. The Morgan fingerprint density at radius 2 is 1.95 bits per heavy atom. The summed E-state index contributed by atoms with van der Waals surface area (Å²) in [4.78, 5) is 32.8. The molecule has 0 unspecified atom stereocenters. The number of hydrogen-bond donors (Lipinski definition) is 3. The molecule has 0 bridgehead atoms. The molecule has 1 rings (SSSR count). The average Bonchev–Trinajstić information content (AvgIpc) is 2.43. The standard InChI is InChI=1S/C14H15NO6/c1-2-7-21-11-4-3-9(14(19)20)8-10(11)15-12(16)5-6-13(17)18/h3-6,8H,2,7H2,1H3,(H,15,16)(H,17,18)(H,19,20)/b6-5+. The third-order valence-electron chi connectivity index (χ3n) is 2.32. The SMILES string of the molecule is CCCOc1ccc(C(=O)O)cc1NC(=O)/C=C/C(=O)O. The van der Waals surface area contributed by atoms with E-state index in [1.165, 1.54) is 18.2 Å². The molecular weight excluding hydrogens is 278 g/mol. The third-order valence-corrected chi connectivity index (χ3v) is 2.32. The lowest BCUT2D eigenvalue weighted by molar-refractivity contribution is -0.131. The van der Waals surface area contributed by atoms with Crippen molar-refractivity contribution in [3.63, 3.8) is 0 Å². The Balaban J connectivity index is 2.99. The number of nitrogens with one attached hydrogen (secondary N) is 1. The largest absolute Gasteiger partial charge is 0.491 e. The van der Waals surface area contributed by atoms with Crippen LogP contribution in [0.3, 0.4) is 0 Å². The first-order chi connectivity index (χ1) is 9.93. The normalized spacial score (nSPS) is 10.3. The van der Waals surface area contributed by atoms with Crippen LogP contribution in [0.15, 0.2) is 30.4 Å². The van der Waals surface area contributed by atoms with Crippen molar-refractivity contribution >= 4 is 23.5 Å². The molecular formula is C14H15NO6. The molecule has 112 valence electrons. The van der Waals surface area contributed by atoms with Crippen molar-refractivity contribution in [3.8, 4) is 5.75 Å². The van der Waals surface area contributed by atoms with E-state index < -0.39 is 17.8 Å². The van der Waals surface area contributed by atoms with Gasteiger partial charge in [-0.2, -0.15) is 0 Å². The van der Waals surface area contributed by atoms with E-state index >= 15 is 0 Å². The first-order valence-electron chi connectivity index (χ1n) is 6.16. The highest BCUT2D eigenvalue weighted by Crippen LogP contribution is 2.26. The Hall–Kier alpha value is -2.83. The van der Waals surface area contributed by atoms with Crippen LogP contribution in [0.1, 0.15) is 23.7 Å². The third kappa shape index (κ3) is 5.35. The van der Waals surface area contributed by atoms with Crippen molar-refractivity contribution in [2.24, 2.45) is 0 Å². The number of carboxylic acids is 2. The van der Waals surface area contributed by atoms with Crippen molar-refractivity contribution in [1.82, 2.24) is 0 Å². The first kappa shape index (κ1) is 16.2. The average molecular weight is 293 g/mol. The molecule has 0 saturated carbocycles. The van der Waals surface area contributed by atoms with Crippen molar-refractivity contribution < 1.29 is 29.3 Å². The number of ether oxygens (including phenoxy) is 1. The molecule has 0 fully saturated rings. The van der Waals surface area contributed by atoms with Gasteiger partial charge in [0.1, 0.15) is 5.75 Å². The second-order valence-corrected chi connectivity index (χ2v) is 4.03. The lowest BCUT2D eigenvalue weighted by atomic mass is 10.2. The van der Waals surface area contributed by atoms with Crippen molar-refractivity contribution in [3.05, 3.63) is 35.9 Å². The van der Waals surface area contributed by atoms with Crippen molar-refractivity contribution in [1.29, 1.82) is 0 Å². The number of anilines is 1. The summed E-state index contributed by atoms with van der Waals surface area (Å²) in [5.74, 6) is -2.78. The molecule has 0 spiro atoms. The van der Waals surface area contributed by atoms with Crippen LogP contribution in [0.2, 0.25) is 0 Å². The zero-order valence-corrected chi connectivity index (χ0v) is 11.3. The van der Waals surface area contributed by atoms with Gasteiger partial charge in [0.15, 0.2) is 0 Å². The minimum atomic E-state index is -1.26. The van der Waals surface area contributed by atoms with Gasteiger partial charge < -0.3 is 20.3 Å². The van der Waals surface area contributed by atoms with Gasteiger partial charge in [-0.1, -0.05) is 6.92 Å². The van der Waals surface area contributed by atoms with Gasteiger partial charge in [-0.15, -0.1) is 0 Å². The fourth-order valence-corrected chi connectivity index (χ4v) is 1.42. The molecule has 1 amide bonds. The molecule has 0 saturated heterocycles. The molecule has 0 heterocycles. The van der Waals surface area contributed by atoms with Gasteiger partial charge in [0, 0.05) is 12.2 Å². The highest BCUT2D eigenvalue weighted by atomic mass is 16.5. The molecule has 7 nitrogen and oxygen atoms in total. The van der Waals surface area contributed by atoms with Gasteiger partial charge in [0.25, 0.3) is 0 Å². The zero-order valence-electron chi connectivity index (χ0n) is 11.3. The van der Waals surface area contributed by atoms with Gasteiger partial charge in [-0.05, 0) is 24.6 Å². The number of aromatic carboxylic acids is 1. The monoisotopic (exact) mass is 293 g/mol. The predicted octanol–water partition coefficient (Wildman–Crippen LogP) is 1.75. The van der Waals surface area contributed by atoms with Crippen LogP contribution < -0.4 is 10.1 Å². The van der Waals surface area contributed by atoms with Gasteiger partial charge in [0.05, 0.1) is 17.9 Å². The number of benzene rings is 1. The molecule has 1 aromatic rings. The summed E-state index contributed by atoms with van der Waals surface area (Å²) < 4.78 is 5.40. The molecule has 3 N–H and O–H groups in total. The van der Waals surface area contributed by atoms with Gasteiger partial charge in [-0.3, -0.25) is 4.79 Å². The molecule has 21 heavy (non-hydrogen) atoms. The van der Waals surface area contributed by atoms with Crippen LogP contribution >= 0.6 is 0 Å². The summed E-state index contributed by atoms with van der Waals surface area (Å²) >= 11 is 0. The van der Waals surface area contributed by atoms with E-state index in [1.54, 1.807) is 0 Å². The topological polar surface area (TPSA) is 113 Å². The summed E-state index contributed by atoms with van der Waals surface area (Å²) in [7, 11) is 0. The van der Waals surface area contributed by atoms with E-state index in [9.17, 15) is 14.4 Å². The van der Waals surface area contributed by atoms with Crippen LogP contribution in [0.25, 0.3) is 0 Å². The number of carboxylic acid groups (broad SMARTS) is 2. The number of hydrogen-bond acceptors (Lipinski definition) is 4. The highest BCUT2D eigenvalue weighted by Gasteiger charge is 2.11. The van der Waals surface area contributed by atoms with Crippen LogP contribution in [0, 0.1) is 0 Å². The van der Waals surface area contributed by atoms with Crippen LogP contribution in [0.4, 0.5) is 5.69 Å². The second-order valence-electron chi connectivity index (χ2n) is 4.03. The zero-order chi connectivity index (χ0) is 15.8. The number of amides is 1. The van der Waals surface area contributed by atoms with Crippen LogP contribution in [-0.4, -0.2) is 34.7 Å². The molecule has 0 atom stereocenters. The summed E-state index contributed by atoms with van der Waals surface area (Å²) in [5, 5.41) is 19.8. The Morgan fingerprint density at radius 3 is 2.52 bits per heavy atom. The van der Waals surface area contributed by atoms with Crippen molar-refractivity contribution in [2.45, 2.75) is 13.3 Å². The second kappa shape index (κ2) is 7.68. The lowest BCUT2D eigenvalue weighted by Crippen LogP contribution is -2.11. The summed E-state index contributed by atoms with van der Waals surface area (Å²) in [6.45, 7) is 2.31. The molecule has 0 aliphatic heterocycles.